The number of nitrogens with one attached hydrogen (secondary N) is 2. The van der Waals surface area contributed by atoms with Crippen LogP contribution in [-0.4, -0.2) is 19.9 Å². The molecule has 2 heterocycles. The molecular weight excluding hydrogens is 208 g/mol. The van der Waals surface area contributed by atoms with Crippen molar-refractivity contribution < 1.29 is 9.59 Å². The summed E-state index contributed by atoms with van der Waals surface area (Å²) in [4.78, 5) is 23.7. The van der Waals surface area contributed by atoms with E-state index < -0.39 is 13.5 Å². The van der Waals surface area contributed by atoms with Crippen LogP contribution in [0.1, 0.15) is 19.3 Å². The minimum absolute atomic E-state index is 0.102. The summed E-state index contributed by atoms with van der Waals surface area (Å²) in [6, 6.07) is 2.03. The molecule has 2 aliphatic heterocycles. The second kappa shape index (κ2) is 3.33. The molecule has 2 rings (SSSR count). The highest BCUT2D eigenvalue weighted by atomic mass is 28.3. The summed E-state index contributed by atoms with van der Waals surface area (Å²) in [7, 11) is -1.38. The Balaban J connectivity index is 2.32. The summed E-state index contributed by atoms with van der Waals surface area (Å²) in [5.41, 5.74) is 4.23. The Morgan fingerprint density at radius 1 is 1.13 bits per heavy atom. The van der Waals surface area contributed by atoms with Crippen molar-refractivity contribution in [2.75, 3.05) is 0 Å². The Hall–Kier alpha value is -0.843. The molecule has 15 heavy (non-hydrogen) atoms. The zero-order valence-electron chi connectivity index (χ0n) is 9.35. The first-order valence-corrected chi connectivity index (χ1v) is 8.99. The van der Waals surface area contributed by atoms with E-state index in [1.54, 1.807) is 0 Å². The van der Waals surface area contributed by atoms with Crippen LogP contribution < -0.4 is 10.9 Å². The highest BCUT2D eigenvalue weighted by Gasteiger charge is 2.53. The molecule has 2 N–H and O–H groups in total. The zero-order valence-corrected chi connectivity index (χ0v) is 10.4. The fourth-order valence-electron chi connectivity index (χ4n) is 2.87. The average Bonchev–Trinajstić information content (AvgIpc) is 2.37. The molecule has 2 amide bonds. The quantitative estimate of drug-likeness (QED) is 0.479. The molecule has 84 valence electrons. The van der Waals surface area contributed by atoms with Gasteiger partial charge < -0.3 is 0 Å². The van der Waals surface area contributed by atoms with Gasteiger partial charge in [0, 0.05) is 8.07 Å². The van der Waals surface area contributed by atoms with Crippen molar-refractivity contribution in [3.8, 4) is 0 Å². The maximum atomic E-state index is 11.8. The van der Waals surface area contributed by atoms with Crippen LogP contribution in [0.5, 0.6) is 0 Å². The van der Waals surface area contributed by atoms with Crippen LogP contribution in [0.4, 0.5) is 0 Å². The molecule has 2 fully saturated rings. The zero-order chi connectivity index (χ0) is 11.1. The van der Waals surface area contributed by atoms with Crippen molar-refractivity contribution in [3.63, 3.8) is 0 Å². The van der Waals surface area contributed by atoms with Gasteiger partial charge in [0.25, 0.3) is 11.8 Å². The SMILES string of the molecule is C[Si]1(C)CCCCC2(C1)C(=O)NNC2=O. The van der Waals surface area contributed by atoms with Gasteiger partial charge in [0.2, 0.25) is 0 Å². The van der Waals surface area contributed by atoms with Crippen molar-refractivity contribution in [2.24, 2.45) is 5.41 Å². The molecule has 2 aliphatic rings. The van der Waals surface area contributed by atoms with Gasteiger partial charge in [-0.2, -0.15) is 0 Å². The first kappa shape index (κ1) is 10.7. The molecule has 0 saturated carbocycles. The highest BCUT2D eigenvalue weighted by Crippen LogP contribution is 2.42. The van der Waals surface area contributed by atoms with Gasteiger partial charge in [-0.3, -0.25) is 20.4 Å². The lowest BCUT2D eigenvalue weighted by Gasteiger charge is -2.28. The van der Waals surface area contributed by atoms with Crippen LogP contribution in [0.3, 0.4) is 0 Å². The number of hydrogen-bond donors (Lipinski definition) is 2. The van der Waals surface area contributed by atoms with E-state index in [1.807, 2.05) is 0 Å². The van der Waals surface area contributed by atoms with Gasteiger partial charge >= 0.3 is 0 Å². The topological polar surface area (TPSA) is 58.2 Å². The van der Waals surface area contributed by atoms with Crippen LogP contribution in [-0.2, 0) is 9.59 Å². The van der Waals surface area contributed by atoms with Crippen molar-refractivity contribution in [1.82, 2.24) is 10.9 Å². The van der Waals surface area contributed by atoms with Crippen LogP contribution in [0, 0.1) is 5.41 Å². The minimum Gasteiger partial charge on any atom is -0.272 e. The van der Waals surface area contributed by atoms with E-state index in [0.29, 0.717) is 0 Å². The molecule has 2 saturated heterocycles. The molecule has 0 radical (unpaired) electrons. The lowest BCUT2D eigenvalue weighted by Crippen LogP contribution is -2.42. The summed E-state index contributed by atoms with van der Waals surface area (Å²) >= 11 is 0. The maximum absolute atomic E-state index is 11.8. The van der Waals surface area contributed by atoms with Crippen molar-refractivity contribution in [3.05, 3.63) is 0 Å². The first-order valence-electron chi connectivity index (χ1n) is 5.57. The molecule has 0 aromatic rings. The predicted octanol–water partition coefficient (Wildman–Crippen LogP) is 1.03. The number of hydrogen-bond acceptors (Lipinski definition) is 2. The largest absolute Gasteiger partial charge is 0.272 e. The van der Waals surface area contributed by atoms with Gasteiger partial charge in [-0.05, 0) is 12.5 Å². The Bertz CT molecular complexity index is 299. The first-order chi connectivity index (χ1) is 6.96. The fraction of sp³-hybridized carbons (Fsp3) is 0.800. The van der Waals surface area contributed by atoms with Crippen LogP contribution >= 0.6 is 0 Å². The minimum atomic E-state index is -1.38. The van der Waals surface area contributed by atoms with Crippen molar-refractivity contribution >= 4 is 19.9 Å². The molecule has 0 bridgehead atoms. The molecule has 4 nitrogen and oxygen atoms in total. The summed E-state index contributed by atoms with van der Waals surface area (Å²) < 4.78 is 0. The third kappa shape index (κ3) is 1.69. The third-order valence-corrected chi connectivity index (χ3v) is 6.91. The van der Waals surface area contributed by atoms with Gasteiger partial charge in [0.05, 0.1) is 0 Å². The van der Waals surface area contributed by atoms with E-state index >= 15 is 0 Å². The number of carbonyl (C=O) groups excluding carboxylic acids is 2. The molecule has 1 spiro atoms. The van der Waals surface area contributed by atoms with E-state index in [2.05, 4.69) is 23.9 Å². The van der Waals surface area contributed by atoms with E-state index in [0.717, 1.165) is 18.9 Å². The van der Waals surface area contributed by atoms with Gasteiger partial charge in [-0.15, -0.1) is 0 Å². The van der Waals surface area contributed by atoms with Crippen molar-refractivity contribution in [1.29, 1.82) is 0 Å². The Labute approximate surface area is 90.8 Å². The van der Waals surface area contributed by atoms with E-state index in [-0.39, 0.29) is 11.8 Å². The summed E-state index contributed by atoms with van der Waals surface area (Å²) in [5.74, 6) is -0.204. The van der Waals surface area contributed by atoms with Gasteiger partial charge in [-0.25, -0.2) is 0 Å². The Kier molecular flexibility index (Phi) is 2.37. The van der Waals surface area contributed by atoms with Crippen LogP contribution in [0.2, 0.25) is 25.2 Å². The summed E-state index contributed by atoms with van der Waals surface area (Å²) in [6.45, 7) is 4.55. The number of hydrazine groups is 1. The predicted molar refractivity (Wildman–Crippen MR) is 59.7 cm³/mol. The lowest BCUT2D eigenvalue weighted by molar-refractivity contribution is -0.135. The molecule has 0 aromatic carbocycles. The molecule has 0 aromatic heterocycles. The monoisotopic (exact) mass is 226 g/mol. The smallest absolute Gasteiger partial charge is 0.253 e. The number of carbonyl (C=O) groups is 2. The molecule has 0 atom stereocenters. The van der Waals surface area contributed by atoms with E-state index in [1.165, 1.54) is 12.5 Å². The third-order valence-electron chi connectivity index (χ3n) is 3.65. The maximum Gasteiger partial charge on any atom is 0.253 e. The summed E-state index contributed by atoms with van der Waals surface area (Å²) in [5, 5.41) is 0. The van der Waals surface area contributed by atoms with Gasteiger partial charge in [-0.1, -0.05) is 32.0 Å². The van der Waals surface area contributed by atoms with Gasteiger partial charge in [0.15, 0.2) is 0 Å². The number of rotatable bonds is 0. The summed E-state index contributed by atoms with van der Waals surface area (Å²) in [6.07, 6.45) is 2.89. The lowest BCUT2D eigenvalue weighted by atomic mass is 9.84. The molecular formula is C10H18N2O2Si. The number of amides is 2. The standard InChI is InChI=1S/C10H18N2O2Si/c1-15(2)6-4-3-5-10(7-15)8(13)11-12-9(10)14/h3-7H2,1-2H3,(H,11,13)(H,12,14). The fourth-order valence-corrected chi connectivity index (χ4v) is 6.38. The highest BCUT2D eigenvalue weighted by molar-refractivity contribution is 6.78. The van der Waals surface area contributed by atoms with Gasteiger partial charge in [0.1, 0.15) is 5.41 Å². The van der Waals surface area contributed by atoms with E-state index in [4.69, 9.17) is 0 Å². The average molecular weight is 226 g/mol. The second-order valence-electron chi connectivity index (χ2n) is 5.54. The van der Waals surface area contributed by atoms with Crippen LogP contribution in [0.25, 0.3) is 0 Å². The Morgan fingerprint density at radius 3 is 2.33 bits per heavy atom. The molecule has 0 unspecified atom stereocenters. The molecule has 5 heteroatoms. The van der Waals surface area contributed by atoms with Crippen LogP contribution in [0.15, 0.2) is 0 Å². The Morgan fingerprint density at radius 2 is 1.73 bits per heavy atom. The van der Waals surface area contributed by atoms with E-state index in [9.17, 15) is 9.59 Å². The van der Waals surface area contributed by atoms with Crippen molar-refractivity contribution in [2.45, 2.75) is 44.4 Å². The normalized spacial score (nSPS) is 28.4. The molecule has 0 aliphatic carbocycles. The second-order valence-corrected chi connectivity index (χ2v) is 10.7.